The van der Waals surface area contributed by atoms with Gasteiger partial charge in [0.25, 0.3) is 0 Å². The zero-order valence-electron chi connectivity index (χ0n) is 5.96. The highest BCUT2D eigenvalue weighted by atomic mass is 35.5. The minimum Gasteiger partial charge on any atom is -0.289 e. The molecule has 0 aliphatic carbocycles. The smallest absolute Gasteiger partial charge is 0.218 e. The van der Waals surface area contributed by atoms with Crippen LogP contribution in [0.5, 0.6) is 0 Å². The van der Waals surface area contributed by atoms with E-state index in [1.807, 2.05) is 30.3 Å². The Kier molecular flexibility index (Phi) is 3.12. The molecule has 0 saturated carbocycles. The second-order valence-electron chi connectivity index (χ2n) is 2.28. The van der Waals surface area contributed by atoms with Crippen LogP contribution in [-0.4, -0.2) is 11.7 Å². The van der Waals surface area contributed by atoms with Gasteiger partial charge in [-0.1, -0.05) is 30.3 Å². The van der Waals surface area contributed by atoms with Crippen LogP contribution in [-0.2, 0) is 11.2 Å². The molecule has 2 heteroatoms. The Hall–Kier alpha value is -0.820. The zero-order valence-corrected chi connectivity index (χ0v) is 6.71. The molecule has 11 heavy (non-hydrogen) atoms. The van der Waals surface area contributed by atoms with E-state index in [-0.39, 0.29) is 0 Å². The van der Waals surface area contributed by atoms with Gasteiger partial charge in [0.1, 0.15) is 5.38 Å². The van der Waals surface area contributed by atoms with Crippen molar-refractivity contribution >= 4 is 17.9 Å². The normalized spacial score (nSPS) is 12.5. The number of halogens is 1. The molecule has 0 saturated heterocycles. The largest absolute Gasteiger partial charge is 0.289 e. The summed E-state index contributed by atoms with van der Waals surface area (Å²) in [5, 5.41) is -0.516. The summed E-state index contributed by atoms with van der Waals surface area (Å²) in [7, 11) is 0. The average Bonchev–Trinajstić information content (AvgIpc) is 2.06. The number of hydrogen-bond acceptors (Lipinski definition) is 1. The van der Waals surface area contributed by atoms with E-state index in [1.54, 1.807) is 6.29 Å². The molecular formula is C9H8ClO. The first-order chi connectivity index (χ1) is 5.33. The molecule has 1 rings (SSSR count). The molecular weight excluding hydrogens is 160 g/mol. The molecule has 1 aromatic rings. The van der Waals surface area contributed by atoms with Crippen molar-refractivity contribution < 1.29 is 4.79 Å². The lowest BCUT2D eigenvalue weighted by Crippen LogP contribution is -2.03. The van der Waals surface area contributed by atoms with Gasteiger partial charge in [0, 0.05) is 0 Å². The van der Waals surface area contributed by atoms with Gasteiger partial charge in [-0.15, -0.1) is 11.6 Å². The zero-order chi connectivity index (χ0) is 8.10. The second kappa shape index (κ2) is 4.14. The first-order valence-corrected chi connectivity index (χ1v) is 3.82. The molecule has 0 amide bonds. The number of rotatable bonds is 3. The second-order valence-corrected chi connectivity index (χ2v) is 2.80. The van der Waals surface area contributed by atoms with Crippen LogP contribution in [0.4, 0.5) is 0 Å². The van der Waals surface area contributed by atoms with E-state index in [9.17, 15) is 4.79 Å². The van der Waals surface area contributed by atoms with E-state index in [0.717, 1.165) is 5.56 Å². The van der Waals surface area contributed by atoms with Crippen LogP contribution >= 0.6 is 11.6 Å². The standard InChI is InChI=1S/C9H8ClO/c10-9(7-11)6-8-4-2-1-3-5-8/h1-5,9H,6H2. The van der Waals surface area contributed by atoms with E-state index in [4.69, 9.17) is 11.6 Å². The fourth-order valence-corrected chi connectivity index (χ4v) is 1.04. The van der Waals surface area contributed by atoms with E-state index in [1.165, 1.54) is 0 Å². The highest BCUT2D eigenvalue weighted by Gasteiger charge is 2.03. The van der Waals surface area contributed by atoms with Crippen LogP contribution in [0.25, 0.3) is 0 Å². The summed E-state index contributed by atoms with van der Waals surface area (Å²) in [6.45, 7) is 0. The first kappa shape index (κ1) is 8.28. The van der Waals surface area contributed by atoms with Crippen molar-refractivity contribution in [1.29, 1.82) is 0 Å². The number of benzene rings is 1. The van der Waals surface area contributed by atoms with Crippen molar-refractivity contribution in [2.24, 2.45) is 0 Å². The van der Waals surface area contributed by atoms with Crippen LogP contribution in [0.15, 0.2) is 30.3 Å². The van der Waals surface area contributed by atoms with Gasteiger partial charge >= 0.3 is 0 Å². The first-order valence-electron chi connectivity index (χ1n) is 3.38. The summed E-state index contributed by atoms with van der Waals surface area (Å²) in [4.78, 5) is 10.1. The van der Waals surface area contributed by atoms with Crippen LogP contribution in [0.3, 0.4) is 0 Å². The fourth-order valence-electron chi connectivity index (χ4n) is 0.863. The maximum Gasteiger partial charge on any atom is 0.218 e. The van der Waals surface area contributed by atoms with Gasteiger partial charge in [0.2, 0.25) is 6.29 Å². The lowest BCUT2D eigenvalue weighted by atomic mass is 10.1. The van der Waals surface area contributed by atoms with E-state index in [2.05, 4.69) is 0 Å². The maximum absolute atomic E-state index is 10.1. The van der Waals surface area contributed by atoms with Crippen molar-refractivity contribution in [3.05, 3.63) is 35.9 Å². The Morgan fingerprint density at radius 2 is 2.00 bits per heavy atom. The van der Waals surface area contributed by atoms with E-state index in [0.29, 0.717) is 6.42 Å². The van der Waals surface area contributed by atoms with Gasteiger partial charge in [0.15, 0.2) is 0 Å². The predicted molar refractivity (Wildman–Crippen MR) is 45.5 cm³/mol. The highest BCUT2D eigenvalue weighted by molar-refractivity contribution is 6.27. The highest BCUT2D eigenvalue weighted by Crippen LogP contribution is 2.05. The van der Waals surface area contributed by atoms with Crippen molar-refractivity contribution in [3.63, 3.8) is 0 Å². The lowest BCUT2D eigenvalue weighted by molar-refractivity contribution is 0.552. The van der Waals surface area contributed by atoms with Gasteiger partial charge in [-0.25, -0.2) is 0 Å². The Labute approximate surface area is 71.0 Å². The van der Waals surface area contributed by atoms with Crippen LogP contribution in [0.2, 0.25) is 0 Å². The summed E-state index contributed by atoms with van der Waals surface area (Å²) in [6.07, 6.45) is 2.29. The summed E-state index contributed by atoms with van der Waals surface area (Å²) >= 11 is 5.58. The summed E-state index contributed by atoms with van der Waals surface area (Å²) < 4.78 is 0. The molecule has 1 radical (unpaired) electrons. The van der Waals surface area contributed by atoms with E-state index >= 15 is 0 Å². The predicted octanol–water partition coefficient (Wildman–Crippen LogP) is 1.95. The third-order valence-corrected chi connectivity index (χ3v) is 1.63. The number of hydrogen-bond donors (Lipinski definition) is 0. The molecule has 1 nitrogen and oxygen atoms in total. The number of carbonyl (C=O) groups excluding carboxylic acids is 1. The van der Waals surface area contributed by atoms with E-state index < -0.39 is 5.38 Å². The van der Waals surface area contributed by atoms with Crippen molar-refractivity contribution in [2.45, 2.75) is 11.8 Å². The topological polar surface area (TPSA) is 17.1 Å². The minimum absolute atomic E-state index is 0.516. The average molecular weight is 168 g/mol. The van der Waals surface area contributed by atoms with Gasteiger partial charge in [-0.05, 0) is 12.0 Å². The van der Waals surface area contributed by atoms with Crippen molar-refractivity contribution in [1.82, 2.24) is 0 Å². The third-order valence-electron chi connectivity index (χ3n) is 1.39. The molecule has 0 N–H and O–H groups in total. The number of alkyl halides is 1. The minimum atomic E-state index is -0.516. The molecule has 0 aliphatic heterocycles. The molecule has 1 unspecified atom stereocenters. The molecule has 0 bridgehead atoms. The van der Waals surface area contributed by atoms with Crippen LogP contribution in [0, 0.1) is 0 Å². The van der Waals surface area contributed by atoms with Gasteiger partial charge in [-0.2, -0.15) is 0 Å². The van der Waals surface area contributed by atoms with Gasteiger partial charge in [-0.3, -0.25) is 4.79 Å². The SMILES string of the molecule is O=[C]C(Cl)Cc1ccccc1. The quantitative estimate of drug-likeness (QED) is 0.629. The van der Waals surface area contributed by atoms with Crippen molar-refractivity contribution in [3.8, 4) is 0 Å². The van der Waals surface area contributed by atoms with Crippen molar-refractivity contribution in [2.75, 3.05) is 0 Å². The van der Waals surface area contributed by atoms with Gasteiger partial charge < -0.3 is 0 Å². The molecule has 1 atom stereocenters. The fraction of sp³-hybridized carbons (Fsp3) is 0.222. The Morgan fingerprint density at radius 3 is 2.55 bits per heavy atom. The third kappa shape index (κ3) is 2.72. The summed E-state index contributed by atoms with van der Waals surface area (Å²) in [6, 6.07) is 9.64. The van der Waals surface area contributed by atoms with Crippen LogP contribution < -0.4 is 0 Å². The molecule has 57 valence electrons. The Morgan fingerprint density at radius 1 is 1.36 bits per heavy atom. The molecule has 0 aromatic heterocycles. The summed E-state index contributed by atoms with van der Waals surface area (Å²) in [5.74, 6) is 0. The molecule has 0 heterocycles. The van der Waals surface area contributed by atoms with Gasteiger partial charge in [0.05, 0.1) is 0 Å². The molecule has 0 aliphatic rings. The molecule has 0 spiro atoms. The molecule has 1 aromatic carbocycles. The monoisotopic (exact) mass is 167 g/mol. The molecule has 0 fully saturated rings. The lowest BCUT2D eigenvalue weighted by Gasteiger charge is -1.99. The van der Waals surface area contributed by atoms with Crippen LogP contribution in [0.1, 0.15) is 5.56 Å². The Balaban J connectivity index is 2.57. The summed E-state index contributed by atoms with van der Waals surface area (Å²) in [5.41, 5.74) is 1.07. The maximum atomic E-state index is 10.1. The Bertz CT molecular complexity index is 220.